The molecule has 0 atom stereocenters. The number of carboxylic acid groups (broad SMARTS) is 3. The van der Waals surface area contributed by atoms with Crippen LogP contribution >= 0.6 is 11.3 Å². The second-order valence-corrected chi connectivity index (χ2v) is 11.6. The predicted molar refractivity (Wildman–Crippen MR) is 161 cm³/mol. The minimum atomic E-state index is -2.74. The fourth-order valence-corrected chi connectivity index (χ4v) is 5.31. The molecule has 0 saturated carbocycles. The van der Waals surface area contributed by atoms with Crippen molar-refractivity contribution in [2.75, 3.05) is 19.7 Å². The van der Waals surface area contributed by atoms with Gasteiger partial charge < -0.3 is 30.3 Å². The fraction of sp³-hybridized carbons (Fsp3) is 0.433. The van der Waals surface area contributed by atoms with Crippen LogP contribution in [0.3, 0.4) is 0 Å². The third-order valence-corrected chi connectivity index (χ3v) is 7.88. The molecule has 1 aromatic carbocycles. The number of rotatable bonds is 13. The fourth-order valence-electron chi connectivity index (χ4n) is 4.62. The van der Waals surface area contributed by atoms with Crippen LogP contribution in [-0.2, 0) is 27.5 Å². The summed E-state index contributed by atoms with van der Waals surface area (Å²) in [5, 5.41) is 51.5. The minimum absolute atomic E-state index is 0.182. The Kier molecular flexibility index (Phi) is 12.2. The van der Waals surface area contributed by atoms with E-state index in [9.17, 15) is 24.3 Å². The molecule has 238 valence electrons. The summed E-state index contributed by atoms with van der Waals surface area (Å²) in [6.45, 7) is 5.35. The molecule has 4 rings (SSSR count). The minimum Gasteiger partial charge on any atom is -0.493 e. The largest absolute Gasteiger partial charge is 0.493 e. The highest BCUT2D eigenvalue weighted by atomic mass is 32.1. The van der Waals surface area contributed by atoms with Crippen LogP contribution in [0, 0.1) is 0 Å². The lowest BCUT2D eigenvalue weighted by atomic mass is 9.91. The van der Waals surface area contributed by atoms with Gasteiger partial charge in [-0.25, -0.2) is 9.48 Å². The number of ether oxygens (including phenoxy) is 1. The van der Waals surface area contributed by atoms with E-state index in [1.54, 1.807) is 17.4 Å². The van der Waals surface area contributed by atoms with Gasteiger partial charge in [-0.05, 0) is 42.8 Å². The van der Waals surface area contributed by atoms with Crippen LogP contribution in [0.25, 0.3) is 10.6 Å². The van der Waals surface area contributed by atoms with Crippen molar-refractivity contribution in [3.8, 4) is 16.3 Å². The summed E-state index contributed by atoms with van der Waals surface area (Å²) in [6, 6.07) is 15.4. The molecule has 0 radical (unpaired) electrons. The van der Waals surface area contributed by atoms with E-state index in [1.807, 2.05) is 35.7 Å². The van der Waals surface area contributed by atoms with Crippen molar-refractivity contribution in [2.45, 2.75) is 63.3 Å². The number of hydrogen-bond acceptors (Lipinski definition) is 10. The van der Waals surface area contributed by atoms with Gasteiger partial charge >= 0.3 is 17.9 Å². The summed E-state index contributed by atoms with van der Waals surface area (Å²) in [4.78, 5) is 46.2. The zero-order valence-electron chi connectivity index (χ0n) is 24.3. The lowest BCUT2D eigenvalue weighted by molar-refractivity contribution is -0.170. The third kappa shape index (κ3) is 9.98. The topological polar surface area (TPSA) is 200 Å². The van der Waals surface area contributed by atoms with Crippen LogP contribution in [0.1, 0.15) is 44.6 Å². The number of likely N-dealkylation sites (tertiary alicyclic amines) is 1. The van der Waals surface area contributed by atoms with Gasteiger partial charge in [0.05, 0.1) is 36.5 Å². The van der Waals surface area contributed by atoms with Crippen LogP contribution in [0.5, 0.6) is 5.75 Å². The Labute approximate surface area is 257 Å². The Morgan fingerprint density at radius 2 is 1.66 bits per heavy atom. The molecule has 1 aliphatic heterocycles. The molecule has 13 nitrogen and oxygen atoms in total. The number of benzene rings is 1. The number of nitrogens with zero attached hydrogens (tertiary/aromatic N) is 3. The van der Waals surface area contributed by atoms with Crippen molar-refractivity contribution in [1.29, 1.82) is 0 Å². The lowest BCUT2D eigenvalue weighted by Crippen LogP contribution is -2.48. The summed E-state index contributed by atoms with van der Waals surface area (Å²) >= 11 is 1.59. The van der Waals surface area contributed by atoms with E-state index in [1.165, 1.54) is 16.3 Å². The Morgan fingerprint density at radius 3 is 2.23 bits per heavy atom. The maximum atomic E-state index is 12.4. The van der Waals surface area contributed by atoms with Gasteiger partial charge in [0, 0.05) is 31.3 Å². The van der Waals surface area contributed by atoms with Gasteiger partial charge in [-0.2, -0.15) is 5.10 Å². The third-order valence-electron chi connectivity index (χ3n) is 6.98. The Hall–Kier alpha value is -4.11. The van der Waals surface area contributed by atoms with Gasteiger partial charge in [0.2, 0.25) is 0 Å². The van der Waals surface area contributed by atoms with Gasteiger partial charge in [-0.1, -0.05) is 31.2 Å². The molecule has 0 bridgehead atoms. The van der Waals surface area contributed by atoms with E-state index in [0.717, 1.165) is 42.4 Å². The number of aliphatic hydroxyl groups is 2. The number of piperidine rings is 1. The molecule has 2 aromatic heterocycles. The number of aliphatic carboxylic acids is 3. The summed E-state index contributed by atoms with van der Waals surface area (Å²) in [7, 11) is 0. The standard InChI is InChI=1S/C24H29N3O3S.C6H8O7/c1-2-15-30-21-7-4-3-6-19(21)17-26-13-11-24(29,12-14-26)18-27-23(28)10-9-20(25-27)22-8-5-16-31-22;7-3(8)1-6(13,5(11)12)2-4(9)10/h3-10,16,29H,2,11-15,17-18H2,1H3;13H,1-2H2,(H,7,8)(H,9,10)(H,11,12). The molecule has 5 N–H and O–H groups in total. The molecule has 14 heteroatoms. The molecule has 3 heterocycles. The number of hydrogen-bond donors (Lipinski definition) is 5. The lowest BCUT2D eigenvalue weighted by Gasteiger charge is -2.38. The van der Waals surface area contributed by atoms with E-state index in [0.29, 0.717) is 19.4 Å². The molecular formula is C30H37N3O10S. The summed E-state index contributed by atoms with van der Waals surface area (Å²) in [5.41, 5.74) is -1.92. The zero-order chi connectivity index (χ0) is 32.3. The highest BCUT2D eigenvalue weighted by molar-refractivity contribution is 7.13. The predicted octanol–water partition coefficient (Wildman–Crippen LogP) is 2.54. The molecule has 3 aromatic rings. The molecule has 1 fully saturated rings. The van der Waals surface area contributed by atoms with E-state index >= 15 is 0 Å². The zero-order valence-corrected chi connectivity index (χ0v) is 25.1. The van der Waals surface area contributed by atoms with Crippen molar-refractivity contribution in [3.63, 3.8) is 0 Å². The molecule has 1 aliphatic rings. The average molecular weight is 632 g/mol. The molecule has 0 spiro atoms. The van der Waals surface area contributed by atoms with Gasteiger partial charge in [0.25, 0.3) is 5.56 Å². The number of carboxylic acids is 3. The number of thiophene rings is 1. The molecule has 44 heavy (non-hydrogen) atoms. The van der Waals surface area contributed by atoms with Gasteiger partial charge in [-0.15, -0.1) is 11.3 Å². The first-order valence-electron chi connectivity index (χ1n) is 14.0. The number of para-hydroxylation sites is 1. The highest BCUT2D eigenvalue weighted by Gasteiger charge is 2.40. The Morgan fingerprint density at radius 1 is 1.00 bits per heavy atom. The first-order valence-corrected chi connectivity index (χ1v) is 14.9. The highest BCUT2D eigenvalue weighted by Crippen LogP contribution is 2.28. The second kappa shape index (κ2) is 15.6. The quantitative estimate of drug-likeness (QED) is 0.185. The molecule has 0 aliphatic carbocycles. The molecule has 0 amide bonds. The van der Waals surface area contributed by atoms with Crippen molar-refractivity contribution >= 4 is 29.2 Å². The van der Waals surface area contributed by atoms with E-state index < -0.39 is 42.0 Å². The first-order chi connectivity index (χ1) is 20.8. The normalized spacial score (nSPS) is 14.7. The van der Waals surface area contributed by atoms with E-state index in [-0.39, 0.29) is 12.1 Å². The van der Waals surface area contributed by atoms with Crippen molar-refractivity contribution in [3.05, 3.63) is 69.8 Å². The average Bonchev–Trinajstić information content (AvgIpc) is 3.50. The second-order valence-electron chi connectivity index (χ2n) is 10.6. The van der Waals surface area contributed by atoms with Crippen LogP contribution < -0.4 is 10.3 Å². The Bertz CT molecular complexity index is 1450. The summed E-state index contributed by atoms with van der Waals surface area (Å²) in [6.07, 6.45) is -0.111. The van der Waals surface area contributed by atoms with Gasteiger partial charge in [0.15, 0.2) is 5.60 Å². The van der Waals surface area contributed by atoms with E-state index in [4.69, 9.17) is 25.2 Å². The Balaban J connectivity index is 0.000000345. The van der Waals surface area contributed by atoms with Crippen LogP contribution in [0.15, 0.2) is 58.7 Å². The van der Waals surface area contributed by atoms with Crippen LogP contribution in [0.4, 0.5) is 0 Å². The van der Waals surface area contributed by atoms with E-state index in [2.05, 4.69) is 23.0 Å². The summed E-state index contributed by atoms with van der Waals surface area (Å²) in [5.74, 6) is -4.08. The monoisotopic (exact) mass is 631 g/mol. The summed E-state index contributed by atoms with van der Waals surface area (Å²) < 4.78 is 7.30. The van der Waals surface area contributed by atoms with Gasteiger partial charge in [0.1, 0.15) is 11.4 Å². The van der Waals surface area contributed by atoms with Gasteiger partial charge in [-0.3, -0.25) is 19.3 Å². The molecule has 1 saturated heterocycles. The first kappa shape index (κ1) is 34.4. The number of carbonyl (C=O) groups is 3. The molecule has 0 unspecified atom stereocenters. The van der Waals surface area contributed by atoms with Crippen molar-refractivity contribution < 1.29 is 44.7 Å². The smallest absolute Gasteiger partial charge is 0.336 e. The molecular weight excluding hydrogens is 594 g/mol. The van der Waals surface area contributed by atoms with Crippen LogP contribution in [0.2, 0.25) is 0 Å². The maximum absolute atomic E-state index is 12.4. The maximum Gasteiger partial charge on any atom is 0.336 e. The SMILES string of the molecule is CCCOc1ccccc1CN1CCC(O)(Cn2nc(-c3cccs3)ccc2=O)CC1.O=C(O)CC(O)(CC(=O)O)C(=O)O. The van der Waals surface area contributed by atoms with Crippen molar-refractivity contribution in [1.82, 2.24) is 14.7 Å². The number of aromatic nitrogens is 2. The van der Waals surface area contributed by atoms with Crippen molar-refractivity contribution in [2.24, 2.45) is 0 Å². The van der Waals surface area contributed by atoms with Crippen LogP contribution in [-0.4, -0.2) is 89.0 Å².